The van der Waals surface area contributed by atoms with Gasteiger partial charge in [-0.15, -0.1) is 0 Å². The first-order valence-corrected chi connectivity index (χ1v) is 21.6. The van der Waals surface area contributed by atoms with Crippen molar-refractivity contribution in [3.05, 3.63) is 246 Å². The van der Waals surface area contributed by atoms with Crippen molar-refractivity contribution in [2.45, 2.75) is 19.6 Å². The number of hydrogen-bond donors (Lipinski definition) is 0. The van der Waals surface area contributed by atoms with Gasteiger partial charge in [0.15, 0.2) is 0 Å². The predicted molar refractivity (Wildman–Crippen MR) is 263 cm³/mol. The topological polar surface area (TPSA) is 190 Å². The van der Waals surface area contributed by atoms with Crippen molar-refractivity contribution in [2.75, 3.05) is 14.7 Å². The Bertz CT molecular complexity index is 3270. The molecule has 0 saturated heterocycles. The summed E-state index contributed by atoms with van der Waals surface area (Å²) in [4.78, 5) is 85.7. The first-order valence-electron chi connectivity index (χ1n) is 21.6. The Balaban J connectivity index is 1.24. The van der Waals surface area contributed by atoms with Gasteiger partial charge in [-0.05, 0) is 85.4 Å². The van der Waals surface area contributed by atoms with Crippen LogP contribution in [-0.4, -0.2) is 32.5 Å². The van der Waals surface area contributed by atoms with Crippen molar-refractivity contribution in [1.29, 1.82) is 0 Å². The van der Waals surface area contributed by atoms with E-state index in [-0.39, 0.29) is 53.4 Å². The first-order chi connectivity index (χ1) is 33.3. The lowest BCUT2D eigenvalue weighted by Gasteiger charge is -2.26. The number of amides is 3. The molecule has 0 aromatic heterocycles. The van der Waals surface area contributed by atoms with Crippen molar-refractivity contribution in [2.24, 2.45) is 0 Å². The zero-order chi connectivity index (χ0) is 47.9. The van der Waals surface area contributed by atoms with Gasteiger partial charge in [-0.1, -0.05) is 109 Å². The normalized spacial score (nSPS) is 12.9. The van der Waals surface area contributed by atoms with Crippen LogP contribution in [0.1, 0.15) is 47.8 Å². The van der Waals surface area contributed by atoms with Gasteiger partial charge >= 0.3 is 0 Å². The van der Waals surface area contributed by atoms with Crippen LogP contribution in [0.2, 0.25) is 0 Å². The van der Waals surface area contributed by atoms with Crippen LogP contribution in [0.25, 0.3) is 32.3 Å². The van der Waals surface area contributed by atoms with Gasteiger partial charge in [-0.25, -0.2) is 0 Å². The molecular formula is C54H36N6O9. The average molecular weight is 913 g/mol. The Labute approximate surface area is 392 Å². The van der Waals surface area contributed by atoms with E-state index in [1.165, 1.54) is 32.9 Å². The molecule has 1 heterocycles. The lowest BCUT2D eigenvalue weighted by Crippen LogP contribution is -2.32. The molecule has 9 aromatic carbocycles. The van der Waals surface area contributed by atoms with E-state index in [1.807, 2.05) is 109 Å². The zero-order valence-corrected chi connectivity index (χ0v) is 36.3. The number of rotatable bonds is 9. The molecule has 3 amide bonds. The summed E-state index contributed by atoms with van der Waals surface area (Å²) in [5, 5.41) is 43.5. The Morgan fingerprint density at radius 1 is 0.319 bits per heavy atom. The molecule has 0 N–H and O–H groups in total. The molecular weight excluding hydrogens is 877 g/mol. The van der Waals surface area contributed by atoms with Crippen LogP contribution in [0, 0.1) is 30.3 Å². The third kappa shape index (κ3) is 8.66. The van der Waals surface area contributed by atoms with Gasteiger partial charge in [-0.2, -0.15) is 0 Å². The van der Waals surface area contributed by atoms with E-state index in [1.54, 1.807) is 18.2 Å². The molecule has 0 radical (unpaired) electrons. The third-order valence-corrected chi connectivity index (χ3v) is 12.2. The average Bonchev–Trinajstić information content (AvgIpc) is 3.37. The summed E-state index contributed by atoms with van der Waals surface area (Å²) in [7, 11) is 0. The highest BCUT2D eigenvalue weighted by molar-refractivity contribution is 6.13. The zero-order valence-electron chi connectivity index (χ0n) is 36.3. The molecule has 15 heteroatoms. The Morgan fingerprint density at radius 2 is 0.580 bits per heavy atom. The summed E-state index contributed by atoms with van der Waals surface area (Å²) in [6.45, 7) is -0.655. The van der Waals surface area contributed by atoms with Gasteiger partial charge in [0.05, 0.1) is 51.5 Å². The maximum atomic E-state index is 15.3. The van der Waals surface area contributed by atoms with Gasteiger partial charge in [0.1, 0.15) is 0 Å². The predicted octanol–water partition coefficient (Wildman–Crippen LogP) is 11.7. The second kappa shape index (κ2) is 17.6. The molecule has 0 fully saturated rings. The molecule has 0 spiro atoms. The number of nitro benzene ring substituents is 3. The van der Waals surface area contributed by atoms with Crippen LogP contribution >= 0.6 is 0 Å². The second-order valence-electron chi connectivity index (χ2n) is 16.7. The summed E-state index contributed by atoms with van der Waals surface area (Å²) in [5.74, 6) is -2.53. The largest absolute Gasteiger partial charge is 0.304 e. The van der Waals surface area contributed by atoms with E-state index in [4.69, 9.17) is 0 Å². The third-order valence-electron chi connectivity index (χ3n) is 12.2. The van der Waals surface area contributed by atoms with Crippen LogP contribution in [-0.2, 0) is 19.6 Å². The quantitative estimate of drug-likeness (QED) is 0.100. The van der Waals surface area contributed by atoms with E-state index < -0.39 is 49.6 Å². The number of benzene rings is 9. The van der Waals surface area contributed by atoms with E-state index in [9.17, 15) is 30.3 Å². The van der Waals surface area contributed by atoms with Gasteiger partial charge < -0.3 is 14.7 Å². The van der Waals surface area contributed by atoms with Gasteiger partial charge in [-0.3, -0.25) is 44.7 Å². The number of non-ortho nitro benzene ring substituents is 3. The fourth-order valence-corrected chi connectivity index (χ4v) is 8.81. The summed E-state index contributed by atoms with van der Waals surface area (Å²) in [6, 6.07) is 49.5. The van der Waals surface area contributed by atoms with Crippen molar-refractivity contribution in [3.63, 3.8) is 0 Å². The maximum Gasteiger partial charge on any atom is 0.272 e. The highest BCUT2D eigenvalue weighted by Crippen LogP contribution is 2.36. The second-order valence-corrected chi connectivity index (χ2v) is 16.7. The summed E-state index contributed by atoms with van der Waals surface area (Å²) in [6.07, 6.45) is 0. The monoisotopic (exact) mass is 912 g/mol. The van der Waals surface area contributed by atoms with Crippen LogP contribution in [0.5, 0.6) is 0 Å². The smallest absolute Gasteiger partial charge is 0.272 e. The number of anilines is 3. The summed E-state index contributed by atoms with van der Waals surface area (Å²) >= 11 is 0. The molecule has 0 aliphatic carbocycles. The van der Waals surface area contributed by atoms with Crippen LogP contribution in [0.15, 0.2) is 182 Å². The molecule has 0 atom stereocenters. The lowest BCUT2D eigenvalue weighted by atomic mass is 10.0. The number of carbonyl (C=O) groups is 3. The Hall–Kier alpha value is -9.63. The molecule has 10 rings (SSSR count). The summed E-state index contributed by atoms with van der Waals surface area (Å²) in [5.41, 5.74) is -0.989. The van der Waals surface area contributed by atoms with E-state index in [0.717, 1.165) is 68.7 Å². The molecule has 69 heavy (non-hydrogen) atoms. The Kier molecular flexibility index (Phi) is 11.1. The molecule has 1 aliphatic heterocycles. The number of nitrogens with zero attached hydrogens (tertiary/aromatic N) is 6. The summed E-state index contributed by atoms with van der Waals surface area (Å²) < 4.78 is 0. The van der Waals surface area contributed by atoms with Crippen molar-refractivity contribution >= 4 is 84.2 Å². The minimum Gasteiger partial charge on any atom is -0.304 e. The SMILES string of the molecule is O=C1c2cc(cc([N+](=O)[O-])c2)N(Cc2ccc3ccccc3c2)C(=O)c2cc(cc([N+](=O)[O-])c2)N(Cc2ccc3ccccc3c2)C(=O)c2cc(cc([N+](=O)[O-])c2)N1Cc1ccc2ccccc2c1. The number of fused-ring (bicyclic) bond motifs is 9. The molecule has 9 aromatic rings. The van der Waals surface area contributed by atoms with Crippen molar-refractivity contribution < 1.29 is 29.2 Å². The Morgan fingerprint density at radius 3 is 0.841 bits per heavy atom. The van der Waals surface area contributed by atoms with Crippen molar-refractivity contribution in [3.8, 4) is 0 Å². The van der Waals surface area contributed by atoms with E-state index >= 15 is 14.4 Å². The molecule has 0 saturated carbocycles. The highest BCUT2D eigenvalue weighted by atomic mass is 16.6. The number of carbonyl (C=O) groups excluding carboxylic acids is 3. The van der Waals surface area contributed by atoms with Gasteiger partial charge in [0.2, 0.25) is 0 Å². The first kappa shape index (κ1) is 43.3. The molecule has 6 bridgehead atoms. The maximum absolute atomic E-state index is 15.3. The van der Waals surface area contributed by atoms with Crippen LogP contribution in [0.4, 0.5) is 34.1 Å². The minimum absolute atomic E-state index is 0.0943. The molecule has 0 unspecified atom stereocenters. The van der Waals surface area contributed by atoms with Gasteiger partial charge in [0.25, 0.3) is 34.8 Å². The van der Waals surface area contributed by atoms with E-state index in [0.29, 0.717) is 16.7 Å². The van der Waals surface area contributed by atoms with Crippen LogP contribution in [0.3, 0.4) is 0 Å². The highest BCUT2D eigenvalue weighted by Gasteiger charge is 2.32. The number of nitro groups is 3. The van der Waals surface area contributed by atoms with E-state index in [2.05, 4.69) is 0 Å². The molecule has 336 valence electrons. The fourth-order valence-electron chi connectivity index (χ4n) is 8.81. The minimum atomic E-state index is -0.843. The molecule has 15 nitrogen and oxygen atoms in total. The van der Waals surface area contributed by atoms with Gasteiger partial charge in [0, 0.05) is 53.1 Å². The number of hydrogen-bond acceptors (Lipinski definition) is 9. The van der Waals surface area contributed by atoms with Crippen LogP contribution < -0.4 is 14.7 Å². The standard InChI is InChI=1S/C54H36N6O9/c61-52-43-23-47(29-50(25-43)59(66)67)56(32-35-14-17-38-8-2-5-11-41(38)20-35)54(63)45-24-48(30-51(27-45)60(68)69)57(33-36-15-18-39-9-3-6-12-42(39)21-36)53(62)44-22-46(28-49(26-44)58(64)65)55(52)31-34-13-16-37-7-1-4-10-40(37)19-34/h1-30H,31-33H2. The fraction of sp³-hybridized carbons (Fsp3) is 0.0556. The van der Waals surface area contributed by atoms with Crippen molar-refractivity contribution in [1.82, 2.24) is 0 Å². The molecule has 1 aliphatic rings. The lowest BCUT2D eigenvalue weighted by molar-refractivity contribution is -0.385.